The van der Waals surface area contributed by atoms with Crippen molar-refractivity contribution in [1.29, 1.82) is 0 Å². The van der Waals surface area contributed by atoms with Gasteiger partial charge in [0.2, 0.25) is 11.8 Å². The third-order valence-electron chi connectivity index (χ3n) is 5.32. The van der Waals surface area contributed by atoms with Crippen molar-refractivity contribution >= 4 is 35.0 Å². The number of amides is 2. The fourth-order valence-corrected chi connectivity index (χ4v) is 4.79. The van der Waals surface area contributed by atoms with Gasteiger partial charge in [-0.15, -0.1) is 0 Å². The molecule has 0 aliphatic heterocycles. The number of thioether (sulfide) groups is 1. The molecule has 2 heterocycles. The molecule has 0 atom stereocenters. The number of hydrogen-bond donors (Lipinski definition) is 2. The summed E-state index contributed by atoms with van der Waals surface area (Å²) in [7, 11) is 0. The van der Waals surface area contributed by atoms with E-state index >= 15 is 0 Å². The summed E-state index contributed by atoms with van der Waals surface area (Å²) in [5.41, 5.74) is 3.93. The Bertz CT molecular complexity index is 1230. The van der Waals surface area contributed by atoms with Crippen LogP contribution in [0.3, 0.4) is 0 Å². The van der Waals surface area contributed by atoms with Crippen molar-refractivity contribution in [3.63, 3.8) is 0 Å². The Kier molecular flexibility index (Phi) is 7.19. The van der Waals surface area contributed by atoms with Crippen LogP contribution in [0.4, 0.5) is 11.4 Å². The van der Waals surface area contributed by atoms with Crippen LogP contribution in [0.1, 0.15) is 36.6 Å². The van der Waals surface area contributed by atoms with Gasteiger partial charge in [0.25, 0.3) is 0 Å². The van der Waals surface area contributed by atoms with E-state index in [4.69, 9.17) is 0 Å². The van der Waals surface area contributed by atoms with E-state index in [-0.39, 0.29) is 23.3 Å². The smallest absolute Gasteiger partial charge is 0.326 e. The van der Waals surface area contributed by atoms with Gasteiger partial charge < -0.3 is 10.6 Å². The lowest BCUT2D eigenvalue weighted by atomic mass is 9.97. The largest absolute Gasteiger partial charge is 0.349 e. The van der Waals surface area contributed by atoms with Crippen LogP contribution in [0.5, 0.6) is 0 Å². The van der Waals surface area contributed by atoms with Gasteiger partial charge in [-0.3, -0.25) is 19.1 Å². The number of nitrogens with zero attached hydrogens (tertiary/aromatic N) is 3. The highest BCUT2D eigenvalue weighted by Gasteiger charge is 2.21. The van der Waals surface area contributed by atoms with Crippen molar-refractivity contribution in [3.8, 4) is 0 Å². The first kappa shape index (κ1) is 22.7. The van der Waals surface area contributed by atoms with Crippen molar-refractivity contribution in [1.82, 2.24) is 14.5 Å². The zero-order valence-corrected chi connectivity index (χ0v) is 19.2. The highest BCUT2D eigenvalue weighted by molar-refractivity contribution is 8.00. The van der Waals surface area contributed by atoms with Crippen LogP contribution < -0.4 is 16.3 Å². The molecule has 2 amide bonds. The van der Waals surface area contributed by atoms with E-state index in [0.717, 1.165) is 42.5 Å². The fraction of sp³-hybridized carbons (Fsp3) is 0.292. The maximum absolute atomic E-state index is 12.9. The van der Waals surface area contributed by atoms with Crippen LogP contribution in [-0.2, 0) is 29.0 Å². The zero-order valence-electron chi connectivity index (χ0n) is 18.3. The average Bonchev–Trinajstić information content (AvgIpc) is 2.80. The predicted octanol–water partition coefficient (Wildman–Crippen LogP) is 3.25. The number of fused-ring (bicyclic) bond motifs is 1. The molecule has 0 saturated heterocycles. The second kappa shape index (κ2) is 10.4. The molecule has 1 aliphatic rings. The molecule has 0 bridgehead atoms. The minimum Gasteiger partial charge on any atom is -0.326 e. The topological polar surface area (TPSA) is 106 Å². The van der Waals surface area contributed by atoms with Gasteiger partial charge in [0.05, 0.1) is 12.3 Å². The number of nitrogens with one attached hydrogen (secondary N) is 2. The average molecular weight is 464 g/mol. The van der Waals surface area contributed by atoms with E-state index in [0.29, 0.717) is 22.9 Å². The molecule has 2 N–H and O–H groups in total. The highest BCUT2D eigenvalue weighted by Crippen LogP contribution is 2.29. The Morgan fingerprint density at radius 2 is 1.88 bits per heavy atom. The van der Waals surface area contributed by atoms with Crippen LogP contribution in [0.25, 0.3) is 0 Å². The summed E-state index contributed by atoms with van der Waals surface area (Å²) in [4.78, 5) is 45.1. The zero-order chi connectivity index (χ0) is 23.2. The van der Waals surface area contributed by atoms with E-state index in [1.54, 1.807) is 41.2 Å². The number of aromatic nitrogens is 3. The first-order valence-electron chi connectivity index (χ1n) is 10.8. The Morgan fingerprint density at radius 3 is 2.64 bits per heavy atom. The number of carbonyl (C=O) groups excluding carboxylic acids is 2. The molecular formula is C24H25N5O3S. The van der Waals surface area contributed by atoms with Crippen LogP contribution in [0, 0.1) is 0 Å². The lowest BCUT2D eigenvalue weighted by molar-refractivity contribution is -0.114. The summed E-state index contributed by atoms with van der Waals surface area (Å²) in [6.07, 6.45) is 7.20. The molecule has 2 aromatic heterocycles. The number of rotatable bonds is 7. The number of pyridine rings is 1. The second-order valence-corrected chi connectivity index (χ2v) is 8.84. The summed E-state index contributed by atoms with van der Waals surface area (Å²) in [6, 6.07) is 10.8. The number of carbonyl (C=O) groups is 2. The lowest BCUT2D eigenvalue weighted by Gasteiger charge is -2.22. The van der Waals surface area contributed by atoms with Crippen molar-refractivity contribution in [2.45, 2.75) is 44.2 Å². The second-order valence-electron chi connectivity index (χ2n) is 7.88. The summed E-state index contributed by atoms with van der Waals surface area (Å²) in [5.74, 6) is -0.246. The normalized spacial score (nSPS) is 12.6. The molecule has 0 saturated carbocycles. The molecule has 1 aliphatic carbocycles. The first-order chi connectivity index (χ1) is 16.0. The molecule has 0 unspecified atom stereocenters. The first-order valence-corrected chi connectivity index (χ1v) is 11.8. The van der Waals surface area contributed by atoms with Gasteiger partial charge in [0.1, 0.15) is 5.03 Å². The van der Waals surface area contributed by atoms with E-state index in [9.17, 15) is 14.4 Å². The molecule has 9 heteroatoms. The van der Waals surface area contributed by atoms with Gasteiger partial charge in [-0.2, -0.15) is 4.98 Å². The molecule has 8 nitrogen and oxygen atoms in total. The fourth-order valence-electron chi connectivity index (χ4n) is 3.91. The van der Waals surface area contributed by atoms with E-state index in [1.165, 1.54) is 18.7 Å². The molecule has 4 rings (SSSR count). The summed E-state index contributed by atoms with van der Waals surface area (Å²) in [6.45, 7) is 1.87. The number of anilines is 2. The number of benzene rings is 1. The van der Waals surface area contributed by atoms with Gasteiger partial charge >= 0.3 is 5.69 Å². The van der Waals surface area contributed by atoms with Crippen LogP contribution >= 0.6 is 11.8 Å². The number of hydrogen-bond acceptors (Lipinski definition) is 6. The van der Waals surface area contributed by atoms with E-state index in [2.05, 4.69) is 20.6 Å². The van der Waals surface area contributed by atoms with Crippen LogP contribution in [0.15, 0.2) is 58.6 Å². The third-order valence-corrected chi connectivity index (χ3v) is 6.34. The molecule has 170 valence electrons. The Balaban J connectivity index is 1.48. The summed E-state index contributed by atoms with van der Waals surface area (Å²) in [5, 5.41) is 6.17. The Labute approximate surface area is 195 Å². The molecule has 0 spiro atoms. The standard InChI is InChI=1S/C24H25N5O3S/c1-16(30)26-18-7-4-8-19(12-18)27-22(31)15-33-23-20-9-2-3-10-21(20)29(24(32)28-23)14-17-6-5-11-25-13-17/h4-8,11-13H,2-3,9-10,14-15H2,1H3,(H,26,30)(H,27,31). The third kappa shape index (κ3) is 5.87. The van der Waals surface area contributed by atoms with E-state index < -0.39 is 0 Å². The maximum Gasteiger partial charge on any atom is 0.349 e. The molecule has 3 aromatic rings. The van der Waals surface area contributed by atoms with Crippen LogP contribution in [0.2, 0.25) is 0 Å². The molecule has 33 heavy (non-hydrogen) atoms. The SMILES string of the molecule is CC(=O)Nc1cccc(NC(=O)CSc2nc(=O)n(Cc3cccnc3)c3c2CCCC3)c1. The van der Waals surface area contributed by atoms with Gasteiger partial charge in [-0.25, -0.2) is 4.79 Å². The van der Waals surface area contributed by atoms with Crippen molar-refractivity contribution in [3.05, 3.63) is 76.1 Å². The molecule has 0 radical (unpaired) electrons. The molecule has 1 aromatic carbocycles. The minimum atomic E-state index is -0.301. The maximum atomic E-state index is 12.9. The Hall–Kier alpha value is -3.46. The molecular weight excluding hydrogens is 438 g/mol. The lowest BCUT2D eigenvalue weighted by Crippen LogP contribution is -2.30. The van der Waals surface area contributed by atoms with E-state index in [1.807, 2.05) is 12.1 Å². The van der Waals surface area contributed by atoms with Crippen LogP contribution in [-0.4, -0.2) is 32.1 Å². The van der Waals surface area contributed by atoms with Crippen molar-refractivity contribution in [2.75, 3.05) is 16.4 Å². The van der Waals surface area contributed by atoms with Gasteiger partial charge in [-0.05, 0) is 55.5 Å². The van der Waals surface area contributed by atoms with Crippen molar-refractivity contribution < 1.29 is 9.59 Å². The minimum absolute atomic E-state index is 0.135. The van der Waals surface area contributed by atoms with Gasteiger partial charge in [-0.1, -0.05) is 23.9 Å². The summed E-state index contributed by atoms with van der Waals surface area (Å²) >= 11 is 1.29. The van der Waals surface area contributed by atoms with Gasteiger partial charge in [0, 0.05) is 41.9 Å². The molecule has 0 fully saturated rings. The summed E-state index contributed by atoms with van der Waals surface area (Å²) < 4.78 is 1.74. The quantitative estimate of drug-likeness (QED) is 0.412. The van der Waals surface area contributed by atoms with Gasteiger partial charge in [0.15, 0.2) is 0 Å². The Morgan fingerprint density at radius 1 is 1.09 bits per heavy atom. The monoisotopic (exact) mass is 463 g/mol. The highest BCUT2D eigenvalue weighted by atomic mass is 32.2. The predicted molar refractivity (Wildman–Crippen MR) is 129 cm³/mol. The van der Waals surface area contributed by atoms with Crippen molar-refractivity contribution in [2.24, 2.45) is 0 Å².